The molecule has 0 radical (unpaired) electrons. The molecule has 0 saturated heterocycles. The second-order valence-electron chi connectivity index (χ2n) is 6.27. The molecule has 1 aromatic carbocycles. The molecule has 124 valence electrons. The summed E-state index contributed by atoms with van der Waals surface area (Å²) in [4.78, 5) is 16.5. The Bertz CT molecular complexity index is 710. The molecule has 1 unspecified atom stereocenters. The van der Waals surface area contributed by atoms with Gasteiger partial charge >= 0.3 is 0 Å². The van der Waals surface area contributed by atoms with Gasteiger partial charge < -0.3 is 11.1 Å². The molecule has 2 rings (SSSR count). The van der Waals surface area contributed by atoms with Gasteiger partial charge in [-0.3, -0.25) is 4.79 Å². The summed E-state index contributed by atoms with van der Waals surface area (Å²) in [6.45, 7) is 5.86. The van der Waals surface area contributed by atoms with Gasteiger partial charge in [-0.25, -0.2) is 13.8 Å². The maximum atomic E-state index is 14.1. The van der Waals surface area contributed by atoms with Crippen molar-refractivity contribution in [3.8, 4) is 0 Å². The molecule has 0 spiro atoms. The van der Waals surface area contributed by atoms with Crippen LogP contribution in [-0.4, -0.2) is 10.9 Å². The lowest BCUT2D eigenvalue weighted by Crippen LogP contribution is -2.37. The minimum atomic E-state index is -0.689. The Morgan fingerprint density at radius 3 is 2.61 bits per heavy atom. The fraction of sp³-hybridized carbons (Fsp3) is 0.375. The Morgan fingerprint density at radius 1 is 1.39 bits per heavy atom. The van der Waals surface area contributed by atoms with Gasteiger partial charge in [0.05, 0.1) is 6.04 Å². The van der Waals surface area contributed by atoms with Crippen LogP contribution in [0.25, 0.3) is 0 Å². The molecule has 0 aliphatic rings. The van der Waals surface area contributed by atoms with E-state index < -0.39 is 29.0 Å². The predicted molar refractivity (Wildman–Crippen MR) is 86.0 cm³/mol. The van der Waals surface area contributed by atoms with Gasteiger partial charge in [0, 0.05) is 23.6 Å². The van der Waals surface area contributed by atoms with Gasteiger partial charge in [-0.15, -0.1) is 11.3 Å². The number of rotatable bonds is 4. The van der Waals surface area contributed by atoms with Crippen molar-refractivity contribution < 1.29 is 13.6 Å². The van der Waals surface area contributed by atoms with Crippen LogP contribution in [0.1, 0.15) is 47.9 Å². The van der Waals surface area contributed by atoms with Gasteiger partial charge in [0.15, 0.2) is 0 Å². The fourth-order valence-electron chi connectivity index (χ4n) is 2.21. The molecular weight excluding hydrogens is 320 g/mol. The molecule has 2 aromatic rings. The summed E-state index contributed by atoms with van der Waals surface area (Å²) in [5.74, 6) is -1.76. The molecule has 1 aromatic heterocycles. The summed E-state index contributed by atoms with van der Waals surface area (Å²) in [5, 5.41) is 5.05. The third kappa shape index (κ3) is 4.11. The van der Waals surface area contributed by atoms with Crippen LogP contribution in [0, 0.1) is 17.0 Å². The fourth-order valence-corrected chi connectivity index (χ4v) is 2.87. The maximum Gasteiger partial charge on any atom is 0.271 e. The first kappa shape index (κ1) is 17.5. The molecule has 0 bridgehead atoms. The summed E-state index contributed by atoms with van der Waals surface area (Å²) in [6, 6.07) is 2.72. The summed E-state index contributed by atoms with van der Waals surface area (Å²) >= 11 is 1.29. The van der Waals surface area contributed by atoms with E-state index >= 15 is 0 Å². The van der Waals surface area contributed by atoms with Gasteiger partial charge in [-0.2, -0.15) is 0 Å². The third-order valence-electron chi connectivity index (χ3n) is 3.37. The van der Waals surface area contributed by atoms with E-state index in [1.54, 1.807) is 5.38 Å². The number of amides is 1. The van der Waals surface area contributed by atoms with Gasteiger partial charge in [0.1, 0.15) is 22.3 Å². The number of nitrogens with one attached hydrogen (secondary N) is 1. The Labute approximate surface area is 137 Å². The largest absolute Gasteiger partial charge is 0.343 e. The highest BCUT2D eigenvalue weighted by Gasteiger charge is 2.31. The highest BCUT2D eigenvalue weighted by Crippen LogP contribution is 2.34. The summed E-state index contributed by atoms with van der Waals surface area (Å²) in [7, 11) is 0. The SMILES string of the molecule is CC(C)(C)C(NC(=O)c1csc(CN)n1)c1ccc(F)cc1F. The van der Waals surface area contributed by atoms with E-state index in [1.807, 2.05) is 20.8 Å². The summed E-state index contributed by atoms with van der Waals surface area (Å²) in [5.41, 5.74) is 5.50. The number of nitrogens with two attached hydrogens (primary N) is 1. The molecule has 0 aliphatic carbocycles. The first-order chi connectivity index (χ1) is 10.7. The number of nitrogens with zero attached hydrogens (tertiary/aromatic N) is 1. The highest BCUT2D eigenvalue weighted by molar-refractivity contribution is 7.09. The Kier molecular flexibility index (Phi) is 5.11. The number of hydrogen-bond donors (Lipinski definition) is 2. The number of halogens is 2. The smallest absolute Gasteiger partial charge is 0.271 e. The van der Waals surface area contributed by atoms with Crippen LogP contribution < -0.4 is 11.1 Å². The number of carbonyl (C=O) groups excluding carboxylic acids is 1. The van der Waals surface area contributed by atoms with E-state index in [2.05, 4.69) is 10.3 Å². The van der Waals surface area contributed by atoms with Gasteiger partial charge in [0.25, 0.3) is 5.91 Å². The van der Waals surface area contributed by atoms with E-state index in [4.69, 9.17) is 5.73 Å². The number of thiazole rings is 1. The molecule has 7 heteroatoms. The van der Waals surface area contributed by atoms with Crippen LogP contribution in [0.2, 0.25) is 0 Å². The van der Waals surface area contributed by atoms with E-state index in [0.717, 1.165) is 6.07 Å². The Morgan fingerprint density at radius 2 is 2.09 bits per heavy atom. The zero-order valence-electron chi connectivity index (χ0n) is 13.2. The van der Waals surface area contributed by atoms with Crippen LogP contribution in [0.3, 0.4) is 0 Å². The summed E-state index contributed by atoms with van der Waals surface area (Å²) < 4.78 is 27.2. The van der Waals surface area contributed by atoms with Crippen molar-refractivity contribution in [1.29, 1.82) is 0 Å². The zero-order valence-corrected chi connectivity index (χ0v) is 14.0. The van der Waals surface area contributed by atoms with E-state index in [0.29, 0.717) is 5.01 Å². The number of hydrogen-bond acceptors (Lipinski definition) is 4. The molecule has 1 atom stereocenters. The second-order valence-corrected chi connectivity index (χ2v) is 7.21. The Hall–Kier alpha value is -1.86. The van der Waals surface area contributed by atoms with Gasteiger partial charge in [-0.1, -0.05) is 26.8 Å². The van der Waals surface area contributed by atoms with Crippen LogP contribution >= 0.6 is 11.3 Å². The van der Waals surface area contributed by atoms with E-state index in [1.165, 1.54) is 23.5 Å². The van der Waals surface area contributed by atoms with Crippen molar-refractivity contribution in [3.05, 3.63) is 51.5 Å². The van der Waals surface area contributed by atoms with Crippen molar-refractivity contribution in [3.63, 3.8) is 0 Å². The van der Waals surface area contributed by atoms with E-state index in [9.17, 15) is 13.6 Å². The topological polar surface area (TPSA) is 68.0 Å². The van der Waals surface area contributed by atoms with Crippen LogP contribution in [0.5, 0.6) is 0 Å². The van der Waals surface area contributed by atoms with Crippen molar-refractivity contribution in [2.45, 2.75) is 33.4 Å². The average Bonchev–Trinajstić information content (AvgIpc) is 2.93. The molecule has 0 fully saturated rings. The number of carbonyl (C=O) groups is 1. The van der Waals surface area contributed by atoms with Crippen molar-refractivity contribution in [2.75, 3.05) is 0 Å². The molecule has 23 heavy (non-hydrogen) atoms. The van der Waals surface area contributed by atoms with E-state index in [-0.39, 0.29) is 17.8 Å². The maximum absolute atomic E-state index is 14.1. The van der Waals surface area contributed by atoms with Crippen LogP contribution in [-0.2, 0) is 6.54 Å². The molecular formula is C16H19F2N3OS. The third-order valence-corrected chi connectivity index (χ3v) is 4.25. The highest BCUT2D eigenvalue weighted by atomic mass is 32.1. The molecule has 4 nitrogen and oxygen atoms in total. The zero-order chi connectivity index (χ0) is 17.2. The second kappa shape index (κ2) is 6.72. The molecule has 1 heterocycles. The first-order valence-corrected chi connectivity index (χ1v) is 8.00. The standard InChI is InChI=1S/C16H19F2N3OS/c1-16(2,3)14(10-5-4-9(17)6-11(10)18)21-15(22)12-8-23-13(7-19)20-12/h4-6,8,14H,7,19H2,1-3H3,(H,21,22). The minimum absolute atomic E-state index is 0.238. The van der Waals surface area contributed by atoms with Crippen molar-refractivity contribution >= 4 is 17.2 Å². The number of benzene rings is 1. The van der Waals surface area contributed by atoms with Crippen LogP contribution in [0.4, 0.5) is 8.78 Å². The monoisotopic (exact) mass is 339 g/mol. The molecule has 3 N–H and O–H groups in total. The normalized spacial score (nSPS) is 13.0. The lowest BCUT2D eigenvalue weighted by molar-refractivity contribution is 0.0895. The number of aromatic nitrogens is 1. The van der Waals surface area contributed by atoms with Gasteiger partial charge in [0.2, 0.25) is 0 Å². The minimum Gasteiger partial charge on any atom is -0.343 e. The van der Waals surface area contributed by atoms with Crippen molar-refractivity contribution in [2.24, 2.45) is 11.1 Å². The molecule has 0 aliphatic heterocycles. The Balaban J connectivity index is 2.31. The lowest BCUT2D eigenvalue weighted by atomic mass is 9.82. The molecule has 0 saturated carbocycles. The molecule has 1 amide bonds. The lowest BCUT2D eigenvalue weighted by Gasteiger charge is -2.32. The first-order valence-electron chi connectivity index (χ1n) is 7.12. The predicted octanol–water partition coefficient (Wildman–Crippen LogP) is 3.40. The van der Waals surface area contributed by atoms with Crippen LogP contribution in [0.15, 0.2) is 23.6 Å². The quantitative estimate of drug-likeness (QED) is 0.897. The summed E-state index contributed by atoms with van der Waals surface area (Å²) in [6.07, 6.45) is 0. The van der Waals surface area contributed by atoms with Crippen molar-refractivity contribution in [1.82, 2.24) is 10.3 Å². The average molecular weight is 339 g/mol. The van der Waals surface area contributed by atoms with Gasteiger partial charge in [-0.05, 0) is 11.5 Å².